The van der Waals surface area contributed by atoms with E-state index in [4.69, 9.17) is 27.9 Å². The van der Waals surface area contributed by atoms with E-state index in [9.17, 15) is 0 Å². The maximum Gasteiger partial charge on any atom is 0.104 e. The minimum atomic E-state index is -0.640. The molecular weight excluding hydrogens is 358 g/mol. The van der Waals surface area contributed by atoms with Crippen LogP contribution in [0.15, 0.2) is 72.5 Å². The van der Waals surface area contributed by atoms with Crippen LogP contribution in [-0.2, 0) is 4.74 Å². The van der Waals surface area contributed by atoms with Gasteiger partial charge in [-0.3, -0.25) is 0 Å². The van der Waals surface area contributed by atoms with E-state index in [1.807, 2.05) is 24.3 Å². The summed E-state index contributed by atoms with van der Waals surface area (Å²) >= 11 is 12.2. The number of hydrogen-bond donors (Lipinski definition) is 0. The lowest BCUT2D eigenvalue weighted by Gasteiger charge is -2.34. The highest BCUT2D eigenvalue weighted by molar-refractivity contribution is 7.73. The normalized spacial score (nSPS) is 20.1. The Labute approximate surface area is 154 Å². The van der Waals surface area contributed by atoms with E-state index in [-0.39, 0.29) is 5.66 Å². The van der Waals surface area contributed by atoms with Gasteiger partial charge in [0.15, 0.2) is 0 Å². The molecule has 2 aromatic carbocycles. The number of rotatable bonds is 4. The highest BCUT2D eigenvalue weighted by atomic mass is 35.5. The predicted octanol–water partition coefficient (Wildman–Crippen LogP) is 5.53. The lowest BCUT2D eigenvalue weighted by Crippen LogP contribution is -2.29. The molecule has 1 nitrogen and oxygen atoms in total. The van der Waals surface area contributed by atoms with Gasteiger partial charge in [-0.25, -0.2) is 0 Å². The average Bonchev–Trinajstić information content (AvgIpc) is 2.59. The van der Waals surface area contributed by atoms with E-state index < -0.39 is 7.92 Å². The van der Waals surface area contributed by atoms with Crippen LogP contribution in [-0.4, -0.2) is 12.8 Å². The fourth-order valence-corrected chi connectivity index (χ4v) is 6.16. The van der Waals surface area contributed by atoms with Crippen molar-refractivity contribution in [3.8, 4) is 0 Å². The number of halogens is 2. The number of hydrogen-bond acceptors (Lipinski definition) is 1. The van der Waals surface area contributed by atoms with Crippen molar-refractivity contribution >= 4 is 41.7 Å². The largest absolute Gasteiger partial charge is 0.500 e. The third-order valence-electron chi connectivity index (χ3n) is 4.19. The Morgan fingerprint density at radius 1 is 0.875 bits per heavy atom. The molecule has 0 bridgehead atoms. The van der Waals surface area contributed by atoms with Crippen LogP contribution in [0.1, 0.15) is 6.92 Å². The maximum atomic E-state index is 6.10. The Kier molecular flexibility index (Phi) is 5.66. The summed E-state index contributed by atoms with van der Waals surface area (Å²) in [6.45, 7) is 2.24. The van der Waals surface area contributed by atoms with Gasteiger partial charge in [0, 0.05) is 10.0 Å². The highest BCUT2D eigenvalue weighted by Crippen LogP contribution is 2.48. The van der Waals surface area contributed by atoms with Gasteiger partial charge in [-0.15, -0.1) is 0 Å². The molecule has 0 fully saturated rings. The number of ether oxygens (including phenoxy) is 1. The number of allylic oxidation sites excluding steroid dienone is 4. The summed E-state index contributed by atoms with van der Waals surface area (Å²) in [6, 6.07) is 16.3. The van der Waals surface area contributed by atoms with Crippen molar-refractivity contribution in [3.05, 3.63) is 82.6 Å². The molecule has 0 aromatic heterocycles. The van der Waals surface area contributed by atoms with E-state index in [1.54, 1.807) is 7.11 Å². The van der Waals surface area contributed by atoms with Crippen LogP contribution in [0.2, 0.25) is 10.0 Å². The Hall–Kier alpha value is -1.27. The summed E-state index contributed by atoms with van der Waals surface area (Å²) in [6.07, 6.45) is 6.40. The van der Waals surface area contributed by atoms with Gasteiger partial charge >= 0.3 is 0 Å². The lowest BCUT2D eigenvalue weighted by molar-refractivity contribution is 0.270. The van der Waals surface area contributed by atoms with E-state index >= 15 is 0 Å². The third-order valence-corrected chi connectivity index (χ3v) is 7.68. The number of methoxy groups -OCH3 is 1. The van der Waals surface area contributed by atoms with Crippen molar-refractivity contribution in [1.82, 2.24) is 0 Å². The smallest absolute Gasteiger partial charge is 0.104 e. The van der Waals surface area contributed by atoms with Crippen molar-refractivity contribution < 1.29 is 4.74 Å². The molecule has 1 aliphatic carbocycles. The van der Waals surface area contributed by atoms with Crippen LogP contribution in [0.25, 0.3) is 0 Å². The van der Waals surface area contributed by atoms with E-state index in [1.165, 1.54) is 10.6 Å². The van der Waals surface area contributed by atoms with Crippen LogP contribution in [0.3, 0.4) is 0 Å². The molecule has 0 heterocycles. The van der Waals surface area contributed by atoms with E-state index in [0.717, 1.165) is 15.8 Å². The predicted molar refractivity (Wildman–Crippen MR) is 106 cm³/mol. The molecule has 0 saturated carbocycles. The van der Waals surface area contributed by atoms with Gasteiger partial charge in [-0.1, -0.05) is 66.5 Å². The summed E-state index contributed by atoms with van der Waals surface area (Å²) in [5.41, 5.74) is 0.289. The summed E-state index contributed by atoms with van der Waals surface area (Å²) < 4.78 is 5.72. The SMILES string of the molecule is COC1=CC=CC(C)C1P(c1ccc(Cl)cc1)c1ccc(Cl)cc1. The Morgan fingerprint density at radius 2 is 1.38 bits per heavy atom. The fraction of sp³-hybridized carbons (Fsp3) is 0.200. The Bertz CT molecular complexity index is 705. The first-order chi connectivity index (χ1) is 11.6. The average molecular weight is 377 g/mol. The maximum absolute atomic E-state index is 6.10. The van der Waals surface area contributed by atoms with Crippen molar-refractivity contribution in [3.63, 3.8) is 0 Å². The molecule has 1 aliphatic rings. The summed E-state index contributed by atoms with van der Waals surface area (Å²) in [7, 11) is 1.11. The highest BCUT2D eigenvalue weighted by Gasteiger charge is 2.33. The molecule has 24 heavy (non-hydrogen) atoms. The zero-order valence-corrected chi connectivity index (χ0v) is 16.0. The monoisotopic (exact) mass is 376 g/mol. The van der Waals surface area contributed by atoms with Gasteiger partial charge in [0.2, 0.25) is 0 Å². The second-order valence-corrected chi connectivity index (χ2v) is 8.99. The van der Waals surface area contributed by atoms with Gasteiger partial charge in [-0.05, 0) is 54.8 Å². The first kappa shape index (κ1) is 17.5. The van der Waals surface area contributed by atoms with Crippen molar-refractivity contribution in [2.75, 3.05) is 7.11 Å². The lowest BCUT2D eigenvalue weighted by atomic mass is 10.0. The molecular formula is C20H19Cl2OP. The number of benzene rings is 2. The molecule has 2 aromatic rings. The van der Waals surface area contributed by atoms with Crippen LogP contribution >= 0.6 is 31.1 Å². The van der Waals surface area contributed by atoms with Crippen LogP contribution in [0, 0.1) is 5.92 Å². The van der Waals surface area contributed by atoms with Gasteiger partial charge in [-0.2, -0.15) is 0 Å². The van der Waals surface area contributed by atoms with Gasteiger partial charge in [0.1, 0.15) is 5.76 Å². The minimum absolute atomic E-state index is 0.289. The topological polar surface area (TPSA) is 9.23 Å². The van der Waals surface area contributed by atoms with Crippen molar-refractivity contribution in [2.45, 2.75) is 12.6 Å². The van der Waals surface area contributed by atoms with Crippen LogP contribution < -0.4 is 10.6 Å². The molecule has 4 heteroatoms. The summed E-state index contributed by atoms with van der Waals surface area (Å²) in [5, 5.41) is 4.08. The molecule has 2 unspecified atom stereocenters. The molecule has 3 rings (SSSR count). The molecule has 124 valence electrons. The third kappa shape index (κ3) is 3.70. The zero-order valence-electron chi connectivity index (χ0n) is 13.6. The van der Waals surface area contributed by atoms with Crippen LogP contribution in [0.4, 0.5) is 0 Å². The summed E-state index contributed by atoms with van der Waals surface area (Å²) in [4.78, 5) is 0. The molecule has 0 aliphatic heterocycles. The first-order valence-electron chi connectivity index (χ1n) is 7.83. The molecule has 0 saturated heterocycles. The quantitative estimate of drug-likeness (QED) is 0.637. The van der Waals surface area contributed by atoms with Gasteiger partial charge in [0.05, 0.1) is 12.8 Å². The fourth-order valence-electron chi connectivity index (χ4n) is 3.01. The van der Waals surface area contributed by atoms with Crippen molar-refractivity contribution in [2.24, 2.45) is 5.92 Å². The Balaban J connectivity index is 2.11. The standard InChI is InChI=1S/C20H19Cl2OP/c1-14-4-3-5-19(23-2)20(14)24(17-10-6-15(21)7-11-17)18-12-8-16(22)9-13-18/h3-14,20H,1-2H3. The van der Waals surface area contributed by atoms with Gasteiger partial charge in [0.25, 0.3) is 0 Å². The first-order valence-corrected chi connectivity index (χ1v) is 9.99. The Morgan fingerprint density at radius 3 is 1.83 bits per heavy atom. The molecule has 0 amide bonds. The van der Waals surface area contributed by atoms with E-state index in [0.29, 0.717) is 5.92 Å². The van der Waals surface area contributed by atoms with E-state index in [2.05, 4.69) is 49.4 Å². The minimum Gasteiger partial charge on any atom is -0.500 e. The molecule has 0 N–H and O–H groups in total. The molecule has 2 atom stereocenters. The summed E-state index contributed by atoms with van der Waals surface area (Å²) in [5.74, 6) is 1.42. The molecule has 0 radical (unpaired) electrons. The molecule has 0 spiro atoms. The second kappa shape index (κ2) is 7.74. The van der Waals surface area contributed by atoms with Gasteiger partial charge < -0.3 is 4.74 Å². The second-order valence-electron chi connectivity index (χ2n) is 5.78. The van der Waals surface area contributed by atoms with Crippen molar-refractivity contribution in [1.29, 1.82) is 0 Å². The zero-order chi connectivity index (χ0) is 17.1. The van der Waals surface area contributed by atoms with Crippen LogP contribution in [0.5, 0.6) is 0 Å².